The first kappa shape index (κ1) is 13.6. The number of rotatable bonds is 5. The van der Waals surface area contributed by atoms with Crippen molar-refractivity contribution < 1.29 is 4.74 Å². The molecule has 1 aromatic rings. The maximum atomic E-state index is 5.61. The highest BCUT2D eigenvalue weighted by Gasteiger charge is 2.22. The van der Waals surface area contributed by atoms with Crippen molar-refractivity contribution >= 4 is 0 Å². The number of imidazole rings is 1. The van der Waals surface area contributed by atoms with Crippen LogP contribution in [0.15, 0.2) is 12.5 Å². The molecule has 3 unspecified atom stereocenters. The number of ether oxygens (including phenoxy) is 1. The van der Waals surface area contributed by atoms with E-state index >= 15 is 0 Å². The molecule has 2 heterocycles. The molecule has 1 aliphatic heterocycles. The van der Waals surface area contributed by atoms with Gasteiger partial charge in [-0.3, -0.25) is 0 Å². The van der Waals surface area contributed by atoms with Gasteiger partial charge in [-0.15, -0.1) is 0 Å². The van der Waals surface area contributed by atoms with E-state index in [1.807, 2.05) is 19.4 Å². The Balaban J connectivity index is 2.02. The van der Waals surface area contributed by atoms with Gasteiger partial charge >= 0.3 is 0 Å². The Labute approximate surface area is 110 Å². The fraction of sp³-hybridized carbons (Fsp3) is 0.786. The van der Waals surface area contributed by atoms with Crippen LogP contribution in [-0.4, -0.2) is 28.3 Å². The van der Waals surface area contributed by atoms with Gasteiger partial charge in [-0.2, -0.15) is 0 Å². The van der Waals surface area contributed by atoms with E-state index in [9.17, 15) is 0 Å². The summed E-state index contributed by atoms with van der Waals surface area (Å²) in [5.74, 6) is 0. The molecule has 0 radical (unpaired) electrons. The molecule has 1 fully saturated rings. The number of hydrogen-bond donors (Lipinski definition) is 1. The Hall–Kier alpha value is -0.870. The second-order valence-electron chi connectivity index (χ2n) is 5.29. The van der Waals surface area contributed by atoms with E-state index in [0.29, 0.717) is 12.1 Å². The molecule has 2 rings (SSSR count). The summed E-state index contributed by atoms with van der Waals surface area (Å²) in [4.78, 5) is 4.30. The molecule has 18 heavy (non-hydrogen) atoms. The Morgan fingerprint density at radius 3 is 3.11 bits per heavy atom. The van der Waals surface area contributed by atoms with Gasteiger partial charge in [-0.1, -0.05) is 0 Å². The van der Waals surface area contributed by atoms with Crippen molar-refractivity contribution in [1.82, 2.24) is 14.9 Å². The molecular weight excluding hydrogens is 226 g/mol. The fourth-order valence-electron chi connectivity index (χ4n) is 2.76. The molecular formula is C14H25N3O. The van der Waals surface area contributed by atoms with Crippen LogP contribution in [0.5, 0.6) is 0 Å². The normalized spacial score (nSPS) is 26.2. The quantitative estimate of drug-likeness (QED) is 0.874. The summed E-state index contributed by atoms with van der Waals surface area (Å²) in [6.45, 7) is 8.06. The summed E-state index contributed by atoms with van der Waals surface area (Å²) < 4.78 is 7.84. The third-order valence-electron chi connectivity index (χ3n) is 3.62. The van der Waals surface area contributed by atoms with Crippen molar-refractivity contribution in [2.75, 3.05) is 6.61 Å². The van der Waals surface area contributed by atoms with Crippen LogP contribution in [0.2, 0.25) is 0 Å². The van der Waals surface area contributed by atoms with Crippen molar-refractivity contribution in [2.24, 2.45) is 0 Å². The smallest absolute Gasteiger partial charge is 0.0949 e. The number of nitrogens with zero attached hydrogens (tertiary/aromatic N) is 2. The Morgan fingerprint density at radius 1 is 1.56 bits per heavy atom. The van der Waals surface area contributed by atoms with E-state index < -0.39 is 0 Å². The standard InChI is InChI=1S/C14H25N3O/c1-4-18-12(3)9-17-10-15-8-14(17)13-7-5-6-11(2)16-13/h8,10-13,16H,4-7,9H2,1-3H3. The Morgan fingerprint density at radius 2 is 2.39 bits per heavy atom. The average molecular weight is 251 g/mol. The highest BCUT2D eigenvalue weighted by Crippen LogP contribution is 2.25. The third-order valence-corrected chi connectivity index (χ3v) is 3.62. The molecule has 1 saturated heterocycles. The predicted molar refractivity (Wildman–Crippen MR) is 72.5 cm³/mol. The molecule has 4 nitrogen and oxygen atoms in total. The molecule has 0 aliphatic carbocycles. The zero-order chi connectivity index (χ0) is 13.0. The molecule has 1 N–H and O–H groups in total. The first-order chi connectivity index (χ1) is 8.70. The lowest BCUT2D eigenvalue weighted by atomic mass is 9.97. The van der Waals surface area contributed by atoms with Gasteiger partial charge in [0.2, 0.25) is 0 Å². The summed E-state index contributed by atoms with van der Waals surface area (Å²) in [5.41, 5.74) is 1.30. The van der Waals surface area contributed by atoms with Gasteiger partial charge in [-0.05, 0) is 40.0 Å². The van der Waals surface area contributed by atoms with Gasteiger partial charge in [-0.25, -0.2) is 4.98 Å². The van der Waals surface area contributed by atoms with E-state index in [2.05, 4.69) is 28.7 Å². The Kier molecular flexibility index (Phi) is 4.78. The van der Waals surface area contributed by atoms with Gasteiger partial charge < -0.3 is 14.6 Å². The monoisotopic (exact) mass is 251 g/mol. The molecule has 1 aromatic heterocycles. The third kappa shape index (κ3) is 3.33. The zero-order valence-electron chi connectivity index (χ0n) is 11.7. The van der Waals surface area contributed by atoms with Crippen LogP contribution >= 0.6 is 0 Å². The molecule has 4 heteroatoms. The summed E-state index contributed by atoms with van der Waals surface area (Å²) in [5, 5.41) is 3.66. The van der Waals surface area contributed by atoms with Crippen LogP contribution in [0.25, 0.3) is 0 Å². The van der Waals surface area contributed by atoms with Gasteiger partial charge in [0, 0.05) is 31.4 Å². The molecule has 0 saturated carbocycles. The predicted octanol–water partition coefficient (Wildman–Crippen LogP) is 2.51. The van der Waals surface area contributed by atoms with Gasteiger partial charge in [0.1, 0.15) is 0 Å². The van der Waals surface area contributed by atoms with Crippen molar-refractivity contribution in [3.8, 4) is 0 Å². The summed E-state index contributed by atoms with van der Waals surface area (Å²) in [6.07, 6.45) is 7.94. The molecule has 0 spiro atoms. The number of nitrogens with one attached hydrogen (secondary N) is 1. The van der Waals surface area contributed by atoms with Crippen molar-refractivity contribution in [3.05, 3.63) is 18.2 Å². The lowest BCUT2D eigenvalue weighted by Crippen LogP contribution is -2.36. The molecule has 3 atom stereocenters. The second kappa shape index (κ2) is 6.34. The van der Waals surface area contributed by atoms with Crippen LogP contribution in [0.4, 0.5) is 0 Å². The number of aromatic nitrogens is 2. The SMILES string of the molecule is CCOC(C)Cn1cncc1C1CCCC(C)N1. The largest absolute Gasteiger partial charge is 0.377 e. The van der Waals surface area contributed by atoms with Crippen molar-refractivity contribution in [2.45, 2.75) is 64.8 Å². The molecule has 0 aromatic carbocycles. The summed E-state index contributed by atoms with van der Waals surface area (Å²) >= 11 is 0. The minimum Gasteiger partial charge on any atom is -0.377 e. The van der Waals surface area contributed by atoms with Crippen LogP contribution in [0.1, 0.15) is 51.8 Å². The van der Waals surface area contributed by atoms with Crippen LogP contribution in [-0.2, 0) is 11.3 Å². The van der Waals surface area contributed by atoms with Gasteiger partial charge in [0.25, 0.3) is 0 Å². The topological polar surface area (TPSA) is 39.1 Å². The second-order valence-corrected chi connectivity index (χ2v) is 5.29. The van der Waals surface area contributed by atoms with E-state index in [-0.39, 0.29) is 6.10 Å². The van der Waals surface area contributed by atoms with Crippen molar-refractivity contribution in [3.63, 3.8) is 0 Å². The summed E-state index contributed by atoms with van der Waals surface area (Å²) in [7, 11) is 0. The highest BCUT2D eigenvalue weighted by molar-refractivity contribution is 5.07. The minimum atomic E-state index is 0.240. The first-order valence-corrected chi connectivity index (χ1v) is 7.08. The molecule has 0 bridgehead atoms. The van der Waals surface area contributed by atoms with E-state index in [1.54, 1.807) is 0 Å². The maximum absolute atomic E-state index is 5.61. The van der Waals surface area contributed by atoms with Crippen LogP contribution in [0.3, 0.4) is 0 Å². The average Bonchev–Trinajstić information content (AvgIpc) is 2.77. The number of hydrogen-bond acceptors (Lipinski definition) is 3. The van der Waals surface area contributed by atoms with E-state index in [4.69, 9.17) is 4.74 Å². The van der Waals surface area contributed by atoms with E-state index in [1.165, 1.54) is 25.0 Å². The number of piperidine rings is 1. The van der Waals surface area contributed by atoms with Crippen molar-refractivity contribution in [1.29, 1.82) is 0 Å². The molecule has 1 aliphatic rings. The highest BCUT2D eigenvalue weighted by atomic mass is 16.5. The van der Waals surface area contributed by atoms with Gasteiger partial charge in [0.05, 0.1) is 18.1 Å². The minimum absolute atomic E-state index is 0.240. The molecule has 0 amide bonds. The van der Waals surface area contributed by atoms with Crippen LogP contribution in [0, 0.1) is 0 Å². The Bertz CT molecular complexity index is 364. The zero-order valence-corrected chi connectivity index (χ0v) is 11.7. The maximum Gasteiger partial charge on any atom is 0.0949 e. The summed E-state index contributed by atoms with van der Waals surface area (Å²) in [6, 6.07) is 1.06. The lowest BCUT2D eigenvalue weighted by molar-refractivity contribution is 0.0629. The van der Waals surface area contributed by atoms with E-state index in [0.717, 1.165) is 13.2 Å². The lowest BCUT2D eigenvalue weighted by Gasteiger charge is -2.29. The van der Waals surface area contributed by atoms with Gasteiger partial charge in [0.15, 0.2) is 0 Å². The van der Waals surface area contributed by atoms with Crippen LogP contribution < -0.4 is 5.32 Å². The fourth-order valence-corrected chi connectivity index (χ4v) is 2.76. The molecule has 102 valence electrons. The first-order valence-electron chi connectivity index (χ1n) is 7.08.